The van der Waals surface area contributed by atoms with Crippen molar-refractivity contribution in [2.45, 2.75) is 51.2 Å². The summed E-state index contributed by atoms with van der Waals surface area (Å²) in [6.07, 6.45) is 3.11. The minimum absolute atomic E-state index is 0. The van der Waals surface area contributed by atoms with Gasteiger partial charge in [-0.05, 0) is 62.4 Å². The van der Waals surface area contributed by atoms with Gasteiger partial charge in [0.05, 0.1) is 24.9 Å². The van der Waals surface area contributed by atoms with Crippen molar-refractivity contribution >= 4 is 29.9 Å². The molecular formula is C30H36ClN3O3. The molecule has 3 aromatic carbocycles. The van der Waals surface area contributed by atoms with E-state index in [9.17, 15) is 9.59 Å². The van der Waals surface area contributed by atoms with Crippen LogP contribution in [0.15, 0.2) is 78.9 Å². The Labute approximate surface area is 225 Å². The molecule has 2 amide bonds. The van der Waals surface area contributed by atoms with Crippen LogP contribution in [0.3, 0.4) is 0 Å². The molecule has 37 heavy (non-hydrogen) atoms. The Morgan fingerprint density at radius 1 is 1.03 bits per heavy atom. The molecule has 0 spiro atoms. The number of likely N-dealkylation sites (N-methyl/N-ethyl adjacent to an activating group) is 1. The highest BCUT2D eigenvalue weighted by Gasteiger charge is 2.32. The smallest absolute Gasteiger partial charge is 0.249 e. The van der Waals surface area contributed by atoms with Gasteiger partial charge >= 0.3 is 0 Å². The van der Waals surface area contributed by atoms with Crippen LogP contribution in [0.2, 0.25) is 0 Å². The first-order valence-corrected chi connectivity index (χ1v) is 12.7. The Morgan fingerprint density at radius 3 is 2.38 bits per heavy atom. The van der Waals surface area contributed by atoms with E-state index in [-0.39, 0.29) is 30.3 Å². The second-order valence-electron chi connectivity index (χ2n) is 9.25. The zero-order chi connectivity index (χ0) is 25.3. The number of nitrogens with one attached hydrogen (secondary N) is 2. The summed E-state index contributed by atoms with van der Waals surface area (Å²) in [5.41, 5.74) is 4.25. The number of hydrogen-bond acceptors (Lipinski definition) is 4. The summed E-state index contributed by atoms with van der Waals surface area (Å²) in [7, 11) is 1.73. The van der Waals surface area contributed by atoms with Gasteiger partial charge in [0, 0.05) is 6.07 Å². The number of ether oxygens (including phenoxy) is 1. The molecule has 0 bridgehead atoms. The maximum atomic E-state index is 13.7. The lowest BCUT2D eigenvalue weighted by atomic mass is 10.1. The summed E-state index contributed by atoms with van der Waals surface area (Å²) < 4.78 is 6.09. The van der Waals surface area contributed by atoms with Crippen LogP contribution < -0.4 is 20.3 Å². The molecule has 3 aromatic rings. The van der Waals surface area contributed by atoms with Crippen LogP contribution in [-0.2, 0) is 29.0 Å². The van der Waals surface area contributed by atoms with Crippen molar-refractivity contribution in [2.24, 2.45) is 0 Å². The van der Waals surface area contributed by atoms with Crippen LogP contribution in [0, 0.1) is 0 Å². The summed E-state index contributed by atoms with van der Waals surface area (Å²) in [5, 5.41) is 5.90. The molecule has 6 nitrogen and oxygen atoms in total. The first-order chi connectivity index (χ1) is 17.5. The normalized spacial score (nSPS) is 15.7. The SMILES string of the molecule is CNC(C)C(=O)NC1CCc2ccc(OCCCc3ccccc3)cc2N(Cc2ccccc2)C1=O.Cl. The van der Waals surface area contributed by atoms with Crippen molar-refractivity contribution < 1.29 is 14.3 Å². The highest BCUT2D eigenvalue weighted by Crippen LogP contribution is 2.32. The number of hydrogen-bond donors (Lipinski definition) is 2. The Hall–Kier alpha value is -3.35. The van der Waals surface area contributed by atoms with Crippen LogP contribution in [0.1, 0.15) is 36.5 Å². The Bertz CT molecular complexity index is 1160. The van der Waals surface area contributed by atoms with Gasteiger partial charge in [0.25, 0.3) is 0 Å². The number of fused-ring (bicyclic) bond motifs is 1. The second kappa shape index (κ2) is 13.8. The van der Waals surface area contributed by atoms with E-state index >= 15 is 0 Å². The van der Waals surface area contributed by atoms with E-state index in [4.69, 9.17) is 4.74 Å². The van der Waals surface area contributed by atoms with Crippen molar-refractivity contribution in [1.29, 1.82) is 0 Å². The molecule has 0 radical (unpaired) electrons. The number of aryl methyl sites for hydroxylation is 2. The van der Waals surface area contributed by atoms with Gasteiger partial charge in [0.2, 0.25) is 11.8 Å². The summed E-state index contributed by atoms with van der Waals surface area (Å²) in [4.78, 5) is 28.1. The van der Waals surface area contributed by atoms with Crippen molar-refractivity contribution in [3.63, 3.8) is 0 Å². The van der Waals surface area contributed by atoms with Crippen LogP contribution in [0.4, 0.5) is 5.69 Å². The van der Waals surface area contributed by atoms with E-state index < -0.39 is 6.04 Å². The highest BCUT2D eigenvalue weighted by atomic mass is 35.5. The average molecular weight is 522 g/mol. The van der Waals surface area contributed by atoms with Gasteiger partial charge in [-0.15, -0.1) is 12.4 Å². The lowest BCUT2D eigenvalue weighted by Crippen LogP contribution is -2.52. The Kier molecular flexibility index (Phi) is 10.5. The Morgan fingerprint density at radius 2 is 1.70 bits per heavy atom. The highest BCUT2D eigenvalue weighted by molar-refractivity contribution is 6.01. The maximum Gasteiger partial charge on any atom is 0.249 e. The molecule has 1 aliphatic rings. The minimum atomic E-state index is -0.584. The third-order valence-electron chi connectivity index (χ3n) is 6.66. The van der Waals surface area contributed by atoms with E-state index in [1.54, 1.807) is 18.9 Å². The van der Waals surface area contributed by atoms with E-state index in [2.05, 4.69) is 34.9 Å². The number of halogens is 1. The van der Waals surface area contributed by atoms with Gasteiger partial charge in [-0.2, -0.15) is 0 Å². The largest absolute Gasteiger partial charge is 0.494 e. The predicted octanol–water partition coefficient (Wildman–Crippen LogP) is 4.69. The number of amides is 2. The summed E-state index contributed by atoms with van der Waals surface area (Å²) >= 11 is 0. The number of benzene rings is 3. The summed E-state index contributed by atoms with van der Waals surface area (Å²) in [6.45, 7) is 2.81. The molecular weight excluding hydrogens is 486 g/mol. The molecule has 1 heterocycles. The molecule has 2 unspecified atom stereocenters. The van der Waals surface area contributed by atoms with Crippen LogP contribution in [0.25, 0.3) is 0 Å². The third-order valence-corrected chi connectivity index (χ3v) is 6.66. The molecule has 0 aromatic heterocycles. The van der Waals surface area contributed by atoms with E-state index in [0.29, 0.717) is 26.0 Å². The fourth-order valence-electron chi connectivity index (χ4n) is 4.43. The van der Waals surface area contributed by atoms with Gasteiger partial charge in [-0.1, -0.05) is 66.7 Å². The second-order valence-corrected chi connectivity index (χ2v) is 9.25. The van der Waals surface area contributed by atoms with Crippen molar-refractivity contribution in [1.82, 2.24) is 10.6 Å². The molecule has 2 atom stereocenters. The lowest BCUT2D eigenvalue weighted by molar-refractivity contribution is -0.128. The van der Waals surface area contributed by atoms with E-state index in [1.807, 2.05) is 54.6 Å². The van der Waals surface area contributed by atoms with Crippen LogP contribution in [0.5, 0.6) is 5.75 Å². The molecule has 0 fully saturated rings. The van der Waals surface area contributed by atoms with Crippen molar-refractivity contribution in [3.8, 4) is 5.75 Å². The zero-order valence-corrected chi connectivity index (χ0v) is 22.3. The number of carbonyl (C=O) groups is 2. The quantitative estimate of drug-likeness (QED) is 0.380. The predicted molar refractivity (Wildman–Crippen MR) is 150 cm³/mol. The van der Waals surface area contributed by atoms with Gasteiger partial charge < -0.3 is 20.3 Å². The number of anilines is 1. The van der Waals surface area contributed by atoms with Gasteiger partial charge in [0.15, 0.2) is 0 Å². The van der Waals surface area contributed by atoms with E-state index in [0.717, 1.165) is 35.4 Å². The molecule has 2 N–H and O–H groups in total. The van der Waals surface area contributed by atoms with Gasteiger partial charge in [-0.25, -0.2) is 0 Å². The molecule has 0 saturated heterocycles. The topological polar surface area (TPSA) is 70.7 Å². The fraction of sp³-hybridized carbons (Fsp3) is 0.333. The van der Waals surface area contributed by atoms with Crippen molar-refractivity contribution in [2.75, 3.05) is 18.6 Å². The third kappa shape index (κ3) is 7.57. The first-order valence-electron chi connectivity index (χ1n) is 12.7. The number of carbonyl (C=O) groups excluding carboxylic acids is 2. The molecule has 1 aliphatic heterocycles. The minimum Gasteiger partial charge on any atom is -0.494 e. The molecule has 0 aliphatic carbocycles. The van der Waals surface area contributed by atoms with Crippen molar-refractivity contribution in [3.05, 3.63) is 95.6 Å². The number of nitrogens with zero attached hydrogens (tertiary/aromatic N) is 1. The number of rotatable bonds is 10. The molecule has 0 saturated carbocycles. The first kappa shape index (κ1) is 28.2. The lowest BCUT2D eigenvalue weighted by Gasteiger charge is -2.27. The molecule has 7 heteroatoms. The standard InChI is InChI=1S/C30H35N3O3.ClH/c1-22(31-2)29(34)32-27-18-16-25-15-17-26(36-19-9-14-23-10-5-3-6-11-23)20-28(25)33(30(27)35)21-24-12-7-4-8-13-24;/h3-8,10-13,15,17,20,22,27,31H,9,14,16,18-19,21H2,1-2H3,(H,32,34);1H. The Balaban J connectivity index is 0.00000380. The maximum absolute atomic E-state index is 13.7. The van der Waals surface area contributed by atoms with Crippen LogP contribution >= 0.6 is 12.4 Å². The van der Waals surface area contributed by atoms with Gasteiger partial charge in [0.1, 0.15) is 11.8 Å². The summed E-state index contributed by atoms with van der Waals surface area (Å²) in [5.74, 6) is 0.471. The van der Waals surface area contributed by atoms with Crippen LogP contribution in [-0.4, -0.2) is 37.6 Å². The molecule has 4 rings (SSSR count). The van der Waals surface area contributed by atoms with E-state index in [1.165, 1.54) is 5.56 Å². The molecule has 196 valence electrons. The zero-order valence-electron chi connectivity index (χ0n) is 21.5. The van der Waals surface area contributed by atoms with Gasteiger partial charge in [-0.3, -0.25) is 9.59 Å². The summed E-state index contributed by atoms with van der Waals surface area (Å²) in [6, 6.07) is 25.4. The monoisotopic (exact) mass is 521 g/mol. The fourth-order valence-corrected chi connectivity index (χ4v) is 4.43. The average Bonchev–Trinajstić information content (AvgIpc) is 3.04.